The van der Waals surface area contributed by atoms with Crippen LogP contribution in [0, 0.1) is 0 Å². The summed E-state index contributed by atoms with van der Waals surface area (Å²) in [6.45, 7) is 7.70. The van der Waals surface area contributed by atoms with Gasteiger partial charge in [0.2, 0.25) is 0 Å². The van der Waals surface area contributed by atoms with E-state index in [-0.39, 0.29) is 0 Å². The molecule has 2 nitrogen and oxygen atoms in total. The largest absolute Gasteiger partial charge is 0.329 e. The molecule has 1 aromatic rings. The molecule has 0 bridgehead atoms. The molecule has 1 saturated heterocycles. The molecule has 2 N–H and O–H groups in total. The van der Waals surface area contributed by atoms with E-state index in [1.54, 1.807) is 0 Å². The first kappa shape index (κ1) is 14.4. The van der Waals surface area contributed by atoms with Crippen LogP contribution in [0.3, 0.4) is 0 Å². The lowest BCUT2D eigenvalue weighted by atomic mass is 10.00. The predicted octanol–water partition coefficient (Wildman–Crippen LogP) is 3.39. The Balaban J connectivity index is 1.79. The molecule has 3 rings (SSSR count). The highest BCUT2D eigenvalue weighted by Crippen LogP contribution is 2.41. The summed E-state index contributed by atoms with van der Waals surface area (Å²) in [6, 6.07) is 9.57. The second kappa shape index (κ2) is 6.08. The number of nitrogens with zero attached hydrogens (tertiary/aromatic N) is 1. The van der Waals surface area contributed by atoms with E-state index in [1.807, 2.05) is 0 Å². The van der Waals surface area contributed by atoms with Crippen molar-refractivity contribution in [2.75, 3.05) is 19.6 Å². The summed E-state index contributed by atoms with van der Waals surface area (Å²) in [5, 5.41) is 1.42. The summed E-state index contributed by atoms with van der Waals surface area (Å²) in [4.78, 5) is 2.60. The third-order valence-electron chi connectivity index (χ3n) is 4.46. The lowest BCUT2D eigenvalue weighted by molar-refractivity contribution is 0.199. The Morgan fingerprint density at radius 2 is 1.95 bits per heavy atom. The van der Waals surface area contributed by atoms with Gasteiger partial charge in [-0.05, 0) is 29.9 Å². The fourth-order valence-electron chi connectivity index (χ4n) is 3.41. The third kappa shape index (κ3) is 3.21. The van der Waals surface area contributed by atoms with Crippen LogP contribution < -0.4 is 5.73 Å². The maximum absolute atomic E-state index is 6.12. The molecule has 2 aliphatic rings. The van der Waals surface area contributed by atoms with E-state index in [0.717, 1.165) is 25.6 Å². The van der Waals surface area contributed by atoms with Gasteiger partial charge in [-0.25, -0.2) is 0 Å². The Hall–Kier alpha value is -0.510. The molecule has 1 saturated carbocycles. The van der Waals surface area contributed by atoms with Crippen LogP contribution in [-0.2, 0) is 0 Å². The fourth-order valence-corrected chi connectivity index (χ4v) is 4.75. The van der Waals surface area contributed by atoms with Gasteiger partial charge in [0.25, 0.3) is 0 Å². The van der Waals surface area contributed by atoms with Gasteiger partial charge in [-0.15, -0.1) is 0 Å². The molecule has 0 spiro atoms. The van der Waals surface area contributed by atoms with Crippen LogP contribution >= 0.6 is 11.8 Å². The van der Waals surface area contributed by atoms with Crippen LogP contribution in [0.2, 0.25) is 0 Å². The Bertz CT molecular complexity index is 448. The zero-order chi connectivity index (χ0) is 14.1. The normalized spacial score (nSPS) is 29.4. The highest BCUT2D eigenvalue weighted by atomic mass is 32.2. The summed E-state index contributed by atoms with van der Waals surface area (Å²) < 4.78 is 0. The molecular formula is C17H26N2S. The van der Waals surface area contributed by atoms with E-state index in [4.69, 9.17) is 5.73 Å². The first-order valence-electron chi connectivity index (χ1n) is 7.86. The summed E-state index contributed by atoms with van der Waals surface area (Å²) in [5.74, 6) is 0.822. The Morgan fingerprint density at radius 1 is 1.25 bits per heavy atom. The van der Waals surface area contributed by atoms with Gasteiger partial charge in [0.1, 0.15) is 0 Å². The van der Waals surface area contributed by atoms with Crippen LogP contribution in [0.15, 0.2) is 24.3 Å². The minimum atomic E-state index is 0.388. The summed E-state index contributed by atoms with van der Waals surface area (Å²) >= 11 is 2.10. The van der Waals surface area contributed by atoms with Gasteiger partial charge in [0, 0.05) is 36.2 Å². The van der Waals surface area contributed by atoms with E-state index >= 15 is 0 Å². The molecule has 20 heavy (non-hydrogen) atoms. The minimum Gasteiger partial charge on any atom is -0.329 e. The van der Waals surface area contributed by atoms with Gasteiger partial charge in [-0.3, -0.25) is 4.90 Å². The summed E-state index contributed by atoms with van der Waals surface area (Å²) in [5.41, 5.74) is 9.06. The smallest absolute Gasteiger partial charge is 0.0471 e. The fraction of sp³-hybridized carbons (Fsp3) is 0.647. The zero-order valence-corrected chi connectivity index (χ0v) is 13.4. The lowest BCUT2D eigenvalue weighted by Crippen LogP contribution is -2.44. The maximum atomic E-state index is 6.12. The van der Waals surface area contributed by atoms with E-state index < -0.39 is 0 Å². The van der Waals surface area contributed by atoms with E-state index in [0.29, 0.717) is 16.5 Å². The molecule has 1 aliphatic carbocycles. The van der Waals surface area contributed by atoms with Crippen LogP contribution in [0.1, 0.15) is 49.8 Å². The average molecular weight is 290 g/mol. The summed E-state index contributed by atoms with van der Waals surface area (Å²) in [7, 11) is 0. The first-order chi connectivity index (χ1) is 9.67. The van der Waals surface area contributed by atoms with Gasteiger partial charge in [-0.2, -0.15) is 11.8 Å². The molecule has 3 atom stereocenters. The predicted molar refractivity (Wildman–Crippen MR) is 88.3 cm³/mol. The van der Waals surface area contributed by atoms with Gasteiger partial charge in [0.15, 0.2) is 0 Å². The first-order valence-corrected chi connectivity index (χ1v) is 8.81. The van der Waals surface area contributed by atoms with Crippen molar-refractivity contribution in [2.45, 2.75) is 49.1 Å². The zero-order valence-electron chi connectivity index (χ0n) is 12.6. The summed E-state index contributed by atoms with van der Waals surface area (Å²) in [6.07, 6.45) is 2.73. The quantitative estimate of drug-likeness (QED) is 0.921. The number of hydrogen-bond acceptors (Lipinski definition) is 3. The molecule has 0 amide bonds. The monoisotopic (exact) mass is 290 g/mol. The molecule has 0 radical (unpaired) electrons. The van der Waals surface area contributed by atoms with Crippen molar-refractivity contribution >= 4 is 11.8 Å². The Labute approximate surface area is 127 Å². The van der Waals surface area contributed by atoms with Crippen LogP contribution in [0.25, 0.3) is 0 Å². The van der Waals surface area contributed by atoms with Gasteiger partial charge in [-0.1, -0.05) is 38.1 Å². The number of hydrogen-bond donors (Lipinski definition) is 1. The van der Waals surface area contributed by atoms with Crippen molar-refractivity contribution < 1.29 is 0 Å². The van der Waals surface area contributed by atoms with Gasteiger partial charge < -0.3 is 5.73 Å². The molecule has 3 heteroatoms. The van der Waals surface area contributed by atoms with E-state index in [9.17, 15) is 0 Å². The average Bonchev–Trinajstić information content (AvgIpc) is 3.23. The van der Waals surface area contributed by atoms with Gasteiger partial charge in [0.05, 0.1) is 0 Å². The number of benzene rings is 1. The minimum absolute atomic E-state index is 0.388. The second-order valence-electron chi connectivity index (χ2n) is 6.41. The van der Waals surface area contributed by atoms with Crippen molar-refractivity contribution in [2.24, 2.45) is 5.73 Å². The molecule has 1 aliphatic heterocycles. The van der Waals surface area contributed by atoms with Crippen molar-refractivity contribution in [3.05, 3.63) is 35.4 Å². The van der Waals surface area contributed by atoms with E-state index in [1.165, 1.54) is 24.0 Å². The molecule has 2 fully saturated rings. The third-order valence-corrected chi connectivity index (χ3v) is 5.68. The van der Waals surface area contributed by atoms with Gasteiger partial charge >= 0.3 is 0 Å². The number of rotatable bonds is 4. The number of thioether (sulfide) groups is 1. The molecule has 0 aromatic heterocycles. The number of nitrogens with two attached hydrogens (primary N) is 1. The van der Waals surface area contributed by atoms with Crippen LogP contribution in [0.4, 0.5) is 0 Å². The topological polar surface area (TPSA) is 29.3 Å². The lowest BCUT2D eigenvalue weighted by Gasteiger charge is -2.39. The van der Waals surface area contributed by atoms with Crippen molar-refractivity contribution in [1.29, 1.82) is 0 Å². The molecule has 1 aromatic carbocycles. The molecule has 3 unspecified atom stereocenters. The van der Waals surface area contributed by atoms with E-state index in [2.05, 4.69) is 54.8 Å². The Morgan fingerprint density at radius 3 is 2.55 bits per heavy atom. The maximum Gasteiger partial charge on any atom is 0.0471 e. The van der Waals surface area contributed by atoms with Crippen molar-refractivity contribution in [3.8, 4) is 0 Å². The highest BCUT2D eigenvalue weighted by molar-refractivity contribution is 8.00. The Kier molecular flexibility index (Phi) is 4.39. The SMILES string of the molecule is CC1CN(C(CN)c2cccc(C3CC3)c2)CC(C)S1. The standard InChI is InChI=1S/C17H26N2S/c1-12-10-19(11-13(2)20-12)17(9-18)16-5-3-4-15(8-16)14-6-7-14/h3-5,8,12-14,17H,6-7,9-11,18H2,1-2H3. The molecular weight excluding hydrogens is 264 g/mol. The highest BCUT2D eigenvalue weighted by Gasteiger charge is 2.29. The van der Waals surface area contributed by atoms with Crippen LogP contribution in [-0.4, -0.2) is 35.0 Å². The second-order valence-corrected chi connectivity index (χ2v) is 8.29. The van der Waals surface area contributed by atoms with Crippen molar-refractivity contribution in [3.63, 3.8) is 0 Å². The molecule has 110 valence electrons. The van der Waals surface area contributed by atoms with Crippen LogP contribution in [0.5, 0.6) is 0 Å². The van der Waals surface area contributed by atoms with Crippen molar-refractivity contribution in [1.82, 2.24) is 4.90 Å². The molecule has 1 heterocycles.